The Kier molecular flexibility index (Phi) is 6.19. The van der Waals surface area contributed by atoms with E-state index in [-0.39, 0.29) is 17.5 Å². The smallest absolute Gasteiger partial charge is 0.254 e. The molecule has 6 heteroatoms. The second-order valence-corrected chi connectivity index (χ2v) is 8.71. The summed E-state index contributed by atoms with van der Waals surface area (Å²) >= 11 is 0. The minimum Gasteiger partial charge on any atom is -0.457 e. The van der Waals surface area contributed by atoms with Crippen molar-refractivity contribution in [3.8, 4) is 11.5 Å². The number of hydrogen-bond donors (Lipinski definition) is 2. The predicted octanol–water partition coefficient (Wildman–Crippen LogP) is 6.22. The molecule has 0 fully saturated rings. The molecule has 0 saturated heterocycles. The van der Waals surface area contributed by atoms with Crippen LogP contribution in [-0.4, -0.2) is 11.7 Å². The lowest BCUT2D eigenvalue weighted by Crippen LogP contribution is -2.35. The Morgan fingerprint density at radius 2 is 1.71 bits per heavy atom. The summed E-state index contributed by atoms with van der Waals surface area (Å²) in [4.78, 5) is 26.7. The zero-order valence-electron chi connectivity index (χ0n) is 19.3. The highest BCUT2D eigenvalue weighted by atomic mass is 19.1. The highest BCUT2D eigenvalue weighted by molar-refractivity contribution is 6.09. The van der Waals surface area contributed by atoms with Gasteiger partial charge in [0.2, 0.25) is 0 Å². The van der Waals surface area contributed by atoms with Crippen LogP contribution >= 0.6 is 0 Å². The molecule has 2 aliphatic rings. The van der Waals surface area contributed by atoms with E-state index in [1.54, 1.807) is 0 Å². The van der Waals surface area contributed by atoms with Crippen molar-refractivity contribution in [1.82, 2.24) is 5.32 Å². The van der Waals surface area contributed by atoms with Gasteiger partial charge >= 0.3 is 0 Å². The number of rotatable bonds is 5. The van der Waals surface area contributed by atoms with Crippen molar-refractivity contribution in [3.63, 3.8) is 0 Å². The van der Waals surface area contributed by atoms with E-state index in [0.29, 0.717) is 40.5 Å². The number of carbonyl (C=O) groups excluding carboxylic acids is 2. The van der Waals surface area contributed by atoms with Crippen LogP contribution in [0.1, 0.15) is 37.7 Å². The molecule has 1 unspecified atom stereocenters. The normalized spacial score (nSPS) is 17.5. The largest absolute Gasteiger partial charge is 0.457 e. The zero-order valence-corrected chi connectivity index (χ0v) is 19.3. The summed E-state index contributed by atoms with van der Waals surface area (Å²) in [5.41, 5.74) is 3.93. The third-order valence-electron chi connectivity index (χ3n) is 6.29. The molecule has 0 aromatic heterocycles. The van der Waals surface area contributed by atoms with E-state index in [4.69, 9.17) is 4.74 Å². The number of allylic oxidation sites excluding steroid dienone is 3. The lowest BCUT2D eigenvalue weighted by Gasteiger charge is -2.34. The first-order valence-corrected chi connectivity index (χ1v) is 11.6. The van der Waals surface area contributed by atoms with E-state index < -0.39 is 5.92 Å². The fraction of sp³-hybridized carbons (Fsp3) is 0.172. The summed E-state index contributed by atoms with van der Waals surface area (Å²) in [5.74, 6) is 0.0917. The minimum absolute atomic E-state index is 0.0395. The molecule has 3 aromatic carbocycles. The van der Waals surface area contributed by atoms with Gasteiger partial charge in [-0.2, -0.15) is 0 Å². The molecule has 3 aromatic rings. The fourth-order valence-electron chi connectivity index (χ4n) is 4.73. The van der Waals surface area contributed by atoms with Crippen LogP contribution in [0.15, 0.2) is 101 Å². The number of para-hydroxylation sites is 1. The third kappa shape index (κ3) is 4.73. The summed E-state index contributed by atoms with van der Waals surface area (Å²) in [6.07, 6.45) is 1.98. The Morgan fingerprint density at radius 3 is 2.49 bits per heavy atom. The molecule has 1 aliphatic carbocycles. The number of Topliss-reactive ketones (excluding diaryl/α,β-unsaturated/α-hetero) is 1. The van der Waals surface area contributed by atoms with Crippen LogP contribution in [0.25, 0.3) is 0 Å². The van der Waals surface area contributed by atoms with E-state index in [9.17, 15) is 14.0 Å². The maximum atomic E-state index is 13.5. The van der Waals surface area contributed by atoms with Crippen molar-refractivity contribution < 1.29 is 18.7 Å². The summed E-state index contributed by atoms with van der Waals surface area (Å²) in [6.45, 7) is 1.85. The number of nitrogens with one attached hydrogen (secondary N) is 2. The van der Waals surface area contributed by atoms with Gasteiger partial charge in [0.1, 0.15) is 17.3 Å². The number of hydrogen-bond acceptors (Lipinski definition) is 4. The van der Waals surface area contributed by atoms with Crippen LogP contribution < -0.4 is 15.4 Å². The average Bonchev–Trinajstić information content (AvgIpc) is 2.85. The van der Waals surface area contributed by atoms with Crippen molar-refractivity contribution >= 4 is 17.4 Å². The van der Waals surface area contributed by atoms with Crippen molar-refractivity contribution in [2.24, 2.45) is 0 Å². The van der Waals surface area contributed by atoms with Crippen molar-refractivity contribution in [2.45, 2.75) is 32.1 Å². The van der Waals surface area contributed by atoms with Gasteiger partial charge in [-0.25, -0.2) is 4.39 Å². The Bertz CT molecular complexity index is 1340. The molecule has 35 heavy (non-hydrogen) atoms. The number of carbonyl (C=O) groups is 2. The summed E-state index contributed by atoms with van der Waals surface area (Å²) in [7, 11) is 0. The van der Waals surface area contributed by atoms with E-state index >= 15 is 0 Å². The second kappa shape index (κ2) is 9.58. The average molecular weight is 469 g/mol. The standard InChI is InChI=1S/C29H25FN2O3/c1-18-26(29(34)32-21-15-13-20(30)14-16-21)27(28-24(31-18)11-6-12-25(28)33)19-7-5-10-23(17-19)35-22-8-3-2-4-9-22/h2-5,7-10,13-17,27,31H,6,11-12H2,1H3,(H,32,34). The Hall–Kier alpha value is -4.19. The van der Waals surface area contributed by atoms with Gasteiger partial charge < -0.3 is 15.4 Å². The summed E-state index contributed by atoms with van der Waals surface area (Å²) in [5, 5.41) is 6.18. The number of amides is 1. The molecular weight excluding hydrogens is 443 g/mol. The molecule has 1 atom stereocenters. The molecule has 0 saturated carbocycles. The topological polar surface area (TPSA) is 67.4 Å². The van der Waals surface area contributed by atoms with E-state index in [1.807, 2.05) is 61.5 Å². The maximum absolute atomic E-state index is 13.5. The number of ketones is 1. The van der Waals surface area contributed by atoms with Crippen LogP contribution in [0, 0.1) is 5.82 Å². The quantitative estimate of drug-likeness (QED) is 0.466. The van der Waals surface area contributed by atoms with Gasteiger partial charge in [0.05, 0.1) is 0 Å². The van der Waals surface area contributed by atoms with Gasteiger partial charge in [-0.1, -0.05) is 30.3 Å². The Morgan fingerprint density at radius 1 is 0.971 bits per heavy atom. The van der Waals surface area contributed by atoms with Gasteiger partial charge in [-0.3, -0.25) is 9.59 Å². The molecule has 0 radical (unpaired) electrons. The van der Waals surface area contributed by atoms with Crippen LogP contribution in [-0.2, 0) is 9.59 Å². The molecular formula is C29H25FN2O3. The van der Waals surface area contributed by atoms with Crippen molar-refractivity contribution in [1.29, 1.82) is 0 Å². The number of halogens is 1. The van der Waals surface area contributed by atoms with E-state index in [1.165, 1.54) is 24.3 Å². The zero-order chi connectivity index (χ0) is 24.4. The van der Waals surface area contributed by atoms with Gasteiger partial charge in [0.25, 0.3) is 5.91 Å². The maximum Gasteiger partial charge on any atom is 0.254 e. The first-order valence-electron chi connectivity index (χ1n) is 11.6. The third-order valence-corrected chi connectivity index (χ3v) is 6.29. The first kappa shape index (κ1) is 22.6. The van der Waals surface area contributed by atoms with Gasteiger partial charge in [-0.15, -0.1) is 0 Å². The molecule has 1 aliphatic heterocycles. The second-order valence-electron chi connectivity index (χ2n) is 8.71. The molecule has 176 valence electrons. The van der Waals surface area contributed by atoms with Crippen LogP contribution in [0.2, 0.25) is 0 Å². The SMILES string of the molecule is CC1=C(C(=O)Nc2ccc(F)cc2)C(c2cccc(Oc3ccccc3)c2)C2=C(CCCC2=O)N1. The molecule has 0 bridgehead atoms. The lowest BCUT2D eigenvalue weighted by atomic mass is 9.75. The molecule has 1 amide bonds. The number of dihydropyridines is 1. The monoisotopic (exact) mass is 468 g/mol. The van der Waals surface area contributed by atoms with E-state index in [2.05, 4.69) is 10.6 Å². The molecule has 5 nitrogen and oxygen atoms in total. The molecule has 2 N–H and O–H groups in total. The van der Waals surface area contributed by atoms with E-state index in [0.717, 1.165) is 24.1 Å². The molecule has 1 heterocycles. The van der Waals surface area contributed by atoms with Gasteiger partial charge in [0, 0.05) is 40.6 Å². The van der Waals surface area contributed by atoms with Gasteiger partial charge in [-0.05, 0) is 73.9 Å². The predicted molar refractivity (Wildman–Crippen MR) is 132 cm³/mol. The number of ether oxygens (including phenoxy) is 1. The first-order chi connectivity index (χ1) is 17.0. The fourth-order valence-corrected chi connectivity index (χ4v) is 4.73. The highest BCUT2D eigenvalue weighted by Crippen LogP contribution is 2.43. The lowest BCUT2D eigenvalue weighted by molar-refractivity contribution is -0.116. The minimum atomic E-state index is -0.543. The van der Waals surface area contributed by atoms with Gasteiger partial charge in [0.15, 0.2) is 5.78 Å². The van der Waals surface area contributed by atoms with Crippen molar-refractivity contribution in [2.75, 3.05) is 5.32 Å². The molecule has 5 rings (SSSR count). The Labute approximate surface area is 203 Å². The summed E-state index contributed by atoms with van der Waals surface area (Å²) in [6, 6.07) is 22.6. The van der Waals surface area contributed by atoms with Crippen LogP contribution in [0.5, 0.6) is 11.5 Å². The number of benzene rings is 3. The summed E-state index contributed by atoms with van der Waals surface area (Å²) < 4.78 is 19.4. The molecule has 0 spiro atoms. The highest BCUT2D eigenvalue weighted by Gasteiger charge is 2.38. The van der Waals surface area contributed by atoms with Crippen LogP contribution in [0.3, 0.4) is 0 Å². The number of anilines is 1. The van der Waals surface area contributed by atoms with Crippen LogP contribution in [0.4, 0.5) is 10.1 Å². The Balaban J connectivity index is 1.55. The van der Waals surface area contributed by atoms with Crippen molar-refractivity contribution in [3.05, 3.63) is 113 Å².